The highest BCUT2D eigenvalue weighted by atomic mass is 32.2. The highest BCUT2D eigenvalue weighted by Crippen LogP contribution is 2.29. The highest BCUT2D eigenvalue weighted by Gasteiger charge is 2.14. The molecule has 1 aromatic heterocycles. The molecule has 0 saturated carbocycles. The van der Waals surface area contributed by atoms with Gasteiger partial charge in [0.1, 0.15) is 0 Å². The van der Waals surface area contributed by atoms with E-state index in [9.17, 15) is 0 Å². The lowest BCUT2D eigenvalue weighted by Crippen LogP contribution is -2.02. The Balaban J connectivity index is 1.63. The average molecular weight is 359 g/mol. The second-order valence-corrected chi connectivity index (χ2v) is 7.19. The molecule has 4 heteroatoms. The fourth-order valence-corrected chi connectivity index (χ4v) is 4.15. The first-order chi connectivity index (χ1) is 12.9. The third-order valence-electron chi connectivity index (χ3n) is 4.43. The lowest BCUT2D eigenvalue weighted by molar-refractivity contribution is 0.626. The minimum Gasteiger partial charge on any atom is -0.302 e. The van der Waals surface area contributed by atoms with Crippen molar-refractivity contribution in [1.82, 2.24) is 14.8 Å². The standard InChI is InChI=1S/C22H21N3S/c1-2-15-25-21(18-10-4-3-5-11-18)23-24-22(25)26-16-19-13-8-12-17-9-6-7-14-20(17)19/h3-14H,2,15-16H2,1H3. The first-order valence-electron chi connectivity index (χ1n) is 8.95. The van der Waals surface area contributed by atoms with E-state index in [1.807, 2.05) is 18.2 Å². The van der Waals surface area contributed by atoms with Gasteiger partial charge in [0.15, 0.2) is 11.0 Å². The van der Waals surface area contributed by atoms with Crippen molar-refractivity contribution in [2.75, 3.05) is 0 Å². The fraction of sp³-hybridized carbons (Fsp3) is 0.182. The smallest absolute Gasteiger partial charge is 0.191 e. The molecule has 4 aromatic rings. The third kappa shape index (κ3) is 3.37. The summed E-state index contributed by atoms with van der Waals surface area (Å²) >= 11 is 1.76. The SMILES string of the molecule is CCCn1c(SCc2cccc3ccccc23)nnc1-c1ccccc1. The molecule has 0 atom stereocenters. The van der Waals surface area contributed by atoms with E-state index in [0.29, 0.717) is 0 Å². The van der Waals surface area contributed by atoms with Crippen LogP contribution in [0.1, 0.15) is 18.9 Å². The number of thioether (sulfide) groups is 1. The molecule has 3 aromatic carbocycles. The summed E-state index contributed by atoms with van der Waals surface area (Å²) in [6, 6.07) is 25.3. The zero-order chi connectivity index (χ0) is 17.8. The Hall–Kier alpha value is -2.59. The molecule has 130 valence electrons. The Bertz CT molecular complexity index is 1000. The van der Waals surface area contributed by atoms with E-state index in [1.165, 1.54) is 16.3 Å². The van der Waals surface area contributed by atoms with Crippen molar-refractivity contribution in [3.8, 4) is 11.4 Å². The first kappa shape index (κ1) is 16.9. The number of benzene rings is 3. The van der Waals surface area contributed by atoms with Crippen molar-refractivity contribution in [2.24, 2.45) is 0 Å². The Morgan fingerprint density at radius 3 is 2.46 bits per heavy atom. The van der Waals surface area contributed by atoms with Gasteiger partial charge in [0, 0.05) is 17.9 Å². The summed E-state index contributed by atoms with van der Waals surface area (Å²) in [5.74, 6) is 1.84. The van der Waals surface area contributed by atoms with Crippen LogP contribution in [0.3, 0.4) is 0 Å². The zero-order valence-electron chi connectivity index (χ0n) is 14.8. The molecule has 0 bridgehead atoms. The van der Waals surface area contributed by atoms with Gasteiger partial charge in [0.05, 0.1) is 0 Å². The van der Waals surface area contributed by atoms with Crippen LogP contribution in [0.15, 0.2) is 78.0 Å². The summed E-state index contributed by atoms with van der Waals surface area (Å²) in [7, 11) is 0. The molecular weight excluding hydrogens is 338 g/mol. The van der Waals surface area contributed by atoms with Gasteiger partial charge in [-0.05, 0) is 22.8 Å². The van der Waals surface area contributed by atoms with Crippen molar-refractivity contribution < 1.29 is 0 Å². The van der Waals surface area contributed by atoms with Gasteiger partial charge < -0.3 is 4.57 Å². The first-order valence-corrected chi connectivity index (χ1v) is 9.93. The maximum absolute atomic E-state index is 4.48. The van der Waals surface area contributed by atoms with E-state index in [-0.39, 0.29) is 0 Å². The molecule has 0 amide bonds. The Morgan fingerprint density at radius 2 is 1.62 bits per heavy atom. The van der Waals surface area contributed by atoms with Crippen molar-refractivity contribution in [3.63, 3.8) is 0 Å². The highest BCUT2D eigenvalue weighted by molar-refractivity contribution is 7.98. The van der Waals surface area contributed by atoms with Crippen LogP contribution in [0.4, 0.5) is 0 Å². The van der Waals surface area contributed by atoms with Gasteiger partial charge in [-0.15, -0.1) is 10.2 Å². The maximum Gasteiger partial charge on any atom is 0.191 e. The van der Waals surface area contributed by atoms with Crippen LogP contribution in [-0.4, -0.2) is 14.8 Å². The van der Waals surface area contributed by atoms with E-state index >= 15 is 0 Å². The Kier molecular flexibility index (Phi) is 5.02. The molecule has 0 N–H and O–H groups in total. The van der Waals surface area contributed by atoms with Crippen LogP contribution in [0, 0.1) is 0 Å². The van der Waals surface area contributed by atoms with Crippen LogP contribution in [0.25, 0.3) is 22.2 Å². The van der Waals surface area contributed by atoms with Crippen molar-refractivity contribution in [1.29, 1.82) is 0 Å². The normalized spacial score (nSPS) is 11.1. The average Bonchev–Trinajstić information content (AvgIpc) is 3.10. The van der Waals surface area contributed by atoms with Crippen molar-refractivity contribution >= 4 is 22.5 Å². The zero-order valence-corrected chi connectivity index (χ0v) is 15.6. The molecule has 0 saturated heterocycles. The molecule has 3 nitrogen and oxygen atoms in total. The minimum absolute atomic E-state index is 0.887. The van der Waals surface area contributed by atoms with E-state index in [2.05, 4.69) is 76.3 Å². The molecule has 0 aliphatic rings. The minimum atomic E-state index is 0.887. The number of rotatable bonds is 6. The fourth-order valence-electron chi connectivity index (χ4n) is 3.18. The summed E-state index contributed by atoms with van der Waals surface area (Å²) in [5, 5.41) is 12.5. The molecule has 26 heavy (non-hydrogen) atoms. The Morgan fingerprint density at radius 1 is 0.846 bits per heavy atom. The monoisotopic (exact) mass is 359 g/mol. The molecular formula is C22H21N3S. The summed E-state index contributed by atoms with van der Waals surface area (Å²) in [5.41, 5.74) is 2.45. The van der Waals surface area contributed by atoms with E-state index in [1.54, 1.807) is 11.8 Å². The number of fused-ring (bicyclic) bond motifs is 1. The van der Waals surface area contributed by atoms with Crippen LogP contribution in [0.2, 0.25) is 0 Å². The van der Waals surface area contributed by atoms with Crippen LogP contribution in [0.5, 0.6) is 0 Å². The number of nitrogens with zero attached hydrogens (tertiary/aromatic N) is 3. The van der Waals surface area contributed by atoms with Crippen molar-refractivity contribution in [3.05, 3.63) is 78.4 Å². The Labute approximate surface area is 158 Å². The van der Waals surface area contributed by atoms with Crippen LogP contribution >= 0.6 is 11.8 Å². The van der Waals surface area contributed by atoms with Gasteiger partial charge in [-0.1, -0.05) is 91.5 Å². The molecule has 1 heterocycles. The van der Waals surface area contributed by atoms with Gasteiger partial charge in [-0.3, -0.25) is 0 Å². The predicted octanol–water partition coefficient (Wildman–Crippen LogP) is 5.80. The summed E-state index contributed by atoms with van der Waals surface area (Å²) in [4.78, 5) is 0. The second kappa shape index (κ2) is 7.75. The number of aromatic nitrogens is 3. The van der Waals surface area contributed by atoms with Crippen LogP contribution < -0.4 is 0 Å². The molecule has 0 aliphatic carbocycles. The molecule has 0 aliphatic heterocycles. The van der Waals surface area contributed by atoms with Gasteiger partial charge in [-0.2, -0.15) is 0 Å². The van der Waals surface area contributed by atoms with Crippen LogP contribution in [-0.2, 0) is 12.3 Å². The van der Waals surface area contributed by atoms with Crippen molar-refractivity contribution in [2.45, 2.75) is 30.8 Å². The molecule has 0 unspecified atom stereocenters. The molecule has 4 rings (SSSR count). The van der Waals surface area contributed by atoms with E-state index < -0.39 is 0 Å². The van der Waals surface area contributed by atoms with Gasteiger partial charge in [0.25, 0.3) is 0 Å². The molecule has 0 radical (unpaired) electrons. The van der Waals surface area contributed by atoms with Gasteiger partial charge in [0.2, 0.25) is 0 Å². The second-order valence-electron chi connectivity index (χ2n) is 6.25. The van der Waals surface area contributed by atoms with Gasteiger partial charge >= 0.3 is 0 Å². The number of hydrogen-bond donors (Lipinski definition) is 0. The lowest BCUT2D eigenvalue weighted by Gasteiger charge is -2.10. The topological polar surface area (TPSA) is 30.7 Å². The van der Waals surface area contributed by atoms with E-state index in [0.717, 1.165) is 35.3 Å². The summed E-state index contributed by atoms with van der Waals surface area (Å²) in [6.07, 6.45) is 1.06. The summed E-state index contributed by atoms with van der Waals surface area (Å²) < 4.78 is 2.24. The molecule has 0 fully saturated rings. The predicted molar refractivity (Wildman–Crippen MR) is 109 cm³/mol. The van der Waals surface area contributed by atoms with E-state index in [4.69, 9.17) is 0 Å². The number of hydrogen-bond acceptors (Lipinski definition) is 3. The molecule has 0 spiro atoms. The largest absolute Gasteiger partial charge is 0.302 e. The third-order valence-corrected chi connectivity index (χ3v) is 5.45. The maximum atomic E-state index is 4.48. The van der Waals surface area contributed by atoms with Gasteiger partial charge in [-0.25, -0.2) is 0 Å². The lowest BCUT2D eigenvalue weighted by atomic mass is 10.1. The quantitative estimate of drug-likeness (QED) is 0.408. The summed E-state index contributed by atoms with van der Waals surface area (Å²) in [6.45, 7) is 3.11.